The summed E-state index contributed by atoms with van der Waals surface area (Å²) in [6.07, 6.45) is -2.32. The number of carbonyl (C=O) groups is 3. The number of carboxylic acid groups (broad SMARTS) is 2. The summed E-state index contributed by atoms with van der Waals surface area (Å²) < 4.78 is 10.3. The van der Waals surface area contributed by atoms with Gasteiger partial charge in [0.1, 0.15) is 18.1 Å². The second-order valence-electron chi connectivity index (χ2n) is 5.36. The molecule has 0 aromatic carbocycles. The lowest BCUT2D eigenvalue weighted by Crippen LogP contribution is -2.61. The molecule has 0 aliphatic rings. The Hall–Kier alpha value is -1.71. The molecule has 0 heterocycles. The molecule has 24 heavy (non-hydrogen) atoms. The molecule has 2 unspecified atom stereocenters. The van der Waals surface area contributed by atoms with E-state index in [1.165, 1.54) is 20.8 Å². The summed E-state index contributed by atoms with van der Waals surface area (Å²) in [5.41, 5.74) is -4.07. The summed E-state index contributed by atoms with van der Waals surface area (Å²) in [7, 11) is 0. The van der Waals surface area contributed by atoms with Crippen LogP contribution >= 0.6 is 0 Å². The number of hydrogen-bond donors (Lipinski definition) is 4. The molecule has 0 amide bonds. The SMILES string of the molecule is CCOC(CC(=O)O)(C(=O)O)C(CC)(CC)C(=O)OCC(O)CO. The van der Waals surface area contributed by atoms with Crippen molar-refractivity contribution >= 4 is 17.9 Å². The Labute approximate surface area is 140 Å². The van der Waals surface area contributed by atoms with Crippen LogP contribution < -0.4 is 0 Å². The van der Waals surface area contributed by atoms with Crippen LogP contribution in [0.15, 0.2) is 0 Å². The third-order valence-corrected chi connectivity index (χ3v) is 4.12. The molecular formula is C15H26O9. The van der Waals surface area contributed by atoms with Crippen molar-refractivity contribution in [3.8, 4) is 0 Å². The molecule has 0 aromatic heterocycles. The van der Waals surface area contributed by atoms with Gasteiger partial charge >= 0.3 is 17.9 Å². The van der Waals surface area contributed by atoms with Crippen molar-refractivity contribution in [2.45, 2.75) is 51.7 Å². The van der Waals surface area contributed by atoms with Crippen LogP contribution in [0.1, 0.15) is 40.0 Å². The lowest BCUT2D eigenvalue weighted by atomic mass is 9.66. The Balaban J connectivity index is 6.00. The van der Waals surface area contributed by atoms with Gasteiger partial charge in [-0.25, -0.2) is 4.79 Å². The van der Waals surface area contributed by atoms with Gasteiger partial charge in [-0.3, -0.25) is 9.59 Å². The maximum atomic E-state index is 12.6. The van der Waals surface area contributed by atoms with E-state index in [4.69, 9.17) is 19.7 Å². The van der Waals surface area contributed by atoms with Crippen LogP contribution in [-0.2, 0) is 23.9 Å². The van der Waals surface area contributed by atoms with Crippen molar-refractivity contribution in [2.24, 2.45) is 5.41 Å². The van der Waals surface area contributed by atoms with E-state index in [1.807, 2.05) is 0 Å². The first-order valence-corrected chi connectivity index (χ1v) is 7.72. The largest absolute Gasteiger partial charge is 0.481 e. The average molecular weight is 350 g/mol. The van der Waals surface area contributed by atoms with Gasteiger partial charge in [0, 0.05) is 6.61 Å². The van der Waals surface area contributed by atoms with Crippen LogP contribution in [0.25, 0.3) is 0 Å². The molecule has 0 aromatic rings. The lowest BCUT2D eigenvalue weighted by molar-refractivity contribution is -0.209. The standard InChI is InChI=1S/C15H26O9/c1-4-14(5-2,13(22)23-9-10(17)8-16)15(12(20)21,24-6-3)7-11(18)19/h10,16-17H,4-9H2,1-3H3,(H,18,19)(H,20,21). The highest BCUT2D eigenvalue weighted by atomic mass is 16.6. The highest BCUT2D eigenvalue weighted by molar-refractivity contribution is 5.93. The zero-order valence-corrected chi connectivity index (χ0v) is 14.2. The molecule has 2 atom stereocenters. The highest BCUT2D eigenvalue weighted by Gasteiger charge is 2.62. The number of rotatable bonds is 12. The summed E-state index contributed by atoms with van der Waals surface area (Å²) in [6.45, 7) is 3.27. The van der Waals surface area contributed by atoms with E-state index in [2.05, 4.69) is 0 Å². The third kappa shape index (κ3) is 4.43. The number of aliphatic carboxylic acids is 2. The third-order valence-electron chi connectivity index (χ3n) is 4.12. The fourth-order valence-electron chi connectivity index (χ4n) is 2.80. The highest BCUT2D eigenvalue weighted by Crippen LogP contribution is 2.45. The molecule has 9 heteroatoms. The second-order valence-corrected chi connectivity index (χ2v) is 5.36. The molecule has 9 nitrogen and oxygen atoms in total. The van der Waals surface area contributed by atoms with Crippen molar-refractivity contribution < 1.29 is 44.3 Å². The van der Waals surface area contributed by atoms with Crippen LogP contribution in [0.5, 0.6) is 0 Å². The van der Waals surface area contributed by atoms with Gasteiger partial charge in [-0.2, -0.15) is 0 Å². The number of aliphatic hydroxyl groups excluding tert-OH is 2. The van der Waals surface area contributed by atoms with E-state index in [-0.39, 0.29) is 19.4 Å². The van der Waals surface area contributed by atoms with E-state index in [0.29, 0.717) is 0 Å². The average Bonchev–Trinajstić information content (AvgIpc) is 2.53. The number of carbonyl (C=O) groups excluding carboxylic acids is 1. The first kappa shape index (κ1) is 22.3. The minimum absolute atomic E-state index is 0.0445. The minimum Gasteiger partial charge on any atom is -0.481 e. The van der Waals surface area contributed by atoms with E-state index in [0.717, 1.165) is 0 Å². The van der Waals surface area contributed by atoms with Crippen LogP contribution in [0.3, 0.4) is 0 Å². The minimum atomic E-state index is -2.31. The maximum Gasteiger partial charge on any atom is 0.337 e. The zero-order valence-electron chi connectivity index (χ0n) is 14.2. The smallest absolute Gasteiger partial charge is 0.337 e. The Bertz CT molecular complexity index is 444. The Kier molecular flexibility index (Phi) is 8.87. The molecule has 0 spiro atoms. The first-order chi connectivity index (χ1) is 11.2. The summed E-state index contributed by atoms with van der Waals surface area (Å²) in [6, 6.07) is 0. The Morgan fingerprint density at radius 3 is 1.96 bits per heavy atom. The predicted molar refractivity (Wildman–Crippen MR) is 81.3 cm³/mol. The van der Waals surface area contributed by atoms with Gasteiger partial charge in [0.2, 0.25) is 0 Å². The molecule has 0 saturated carbocycles. The summed E-state index contributed by atoms with van der Waals surface area (Å²) >= 11 is 0. The topological polar surface area (TPSA) is 151 Å². The first-order valence-electron chi connectivity index (χ1n) is 7.72. The monoisotopic (exact) mass is 350 g/mol. The molecule has 0 fully saturated rings. The molecular weight excluding hydrogens is 324 g/mol. The van der Waals surface area contributed by atoms with Crippen molar-refractivity contribution in [2.75, 3.05) is 19.8 Å². The second kappa shape index (κ2) is 9.55. The Morgan fingerprint density at radius 1 is 1.08 bits per heavy atom. The number of esters is 1. The van der Waals surface area contributed by atoms with Gasteiger partial charge in [-0.1, -0.05) is 13.8 Å². The molecule has 0 aliphatic heterocycles. The van der Waals surface area contributed by atoms with Crippen LogP contribution in [0, 0.1) is 5.41 Å². The van der Waals surface area contributed by atoms with Gasteiger partial charge in [0.05, 0.1) is 13.0 Å². The van der Waals surface area contributed by atoms with E-state index >= 15 is 0 Å². The molecule has 0 rings (SSSR count). The molecule has 0 saturated heterocycles. The lowest BCUT2D eigenvalue weighted by Gasteiger charge is -2.43. The summed E-state index contributed by atoms with van der Waals surface area (Å²) in [5.74, 6) is -3.99. The zero-order chi connectivity index (χ0) is 19.0. The summed E-state index contributed by atoms with van der Waals surface area (Å²) in [4.78, 5) is 35.8. The van der Waals surface area contributed by atoms with Crippen molar-refractivity contribution in [1.29, 1.82) is 0 Å². The fourth-order valence-corrected chi connectivity index (χ4v) is 2.80. The van der Waals surface area contributed by atoms with Crippen molar-refractivity contribution in [1.82, 2.24) is 0 Å². The van der Waals surface area contributed by atoms with E-state index < -0.39 is 54.7 Å². The molecule has 140 valence electrons. The number of hydrogen-bond acceptors (Lipinski definition) is 7. The van der Waals surface area contributed by atoms with Crippen LogP contribution in [0.2, 0.25) is 0 Å². The normalized spacial score (nSPS) is 15.4. The van der Waals surface area contributed by atoms with Gasteiger partial charge in [0.25, 0.3) is 0 Å². The van der Waals surface area contributed by atoms with Crippen LogP contribution in [-0.4, -0.2) is 69.9 Å². The molecule has 0 aliphatic carbocycles. The van der Waals surface area contributed by atoms with Gasteiger partial charge in [-0.15, -0.1) is 0 Å². The summed E-state index contributed by atoms with van der Waals surface area (Å²) in [5, 5.41) is 36.9. The number of carboxylic acids is 2. The number of ether oxygens (including phenoxy) is 2. The maximum absolute atomic E-state index is 12.6. The molecule has 0 radical (unpaired) electrons. The van der Waals surface area contributed by atoms with Crippen molar-refractivity contribution in [3.05, 3.63) is 0 Å². The predicted octanol–water partition coefficient (Wildman–Crippen LogP) is 0.0238. The van der Waals surface area contributed by atoms with Gasteiger partial charge < -0.3 is 29.9 Å². The van der Waals surface area contributed by atoms with Crippen molar-refractivity contribution in [3.63, 3.8) is 0 Å². The van der Waals surface area contributed by atoms with Gasteiger partial charge in [-0.05, 0) is 19.8 Å². The Morgan fingerprint density at radius 2 is 1.62 bits per heavy atom. The van der Waals surface area contributed by atoms with E-state index in [9.17, 15) is 24.6 Å². The van der Waals surface area contributed by atoms with Crippen LogP contribution in [0.4, 0.5) is 0 Å². The fraction of sp³-hybridized carbons (Fsp3) is 0.800. The number of aliphatic hydroxyl groups is 2. The molecule has 0 bridgehead atoms. The van der Waals surface area contributed by atoms with E-state index in [1.54, 1.807) is 0 Å². The molecule has 4 N–H and O–H groups in total. The quantitative estimate of drug-likeness (QED) is 0.357. The van der Waals surface area contributed by atoms with Gasteiger partial charge in [0.15, 0.2) is 5.60 Å².